The van der Waals surface area contributed by atoms with E-state index in [0.717, 1.165) is 71.5 Å². The van der Waals surface area contributed by atoms with Crippen LogP contribution in [-0.4, -0.2) is 58.4 Å². The molecule has 1 amide bonds. The van der Waals surface area contributed by atoms with Gasteiger partial charge in [0, 0.05) is 44.5 Å². The Morgan fingerprint density at radius 1 is 0.921 bits per heavy atom. The van der Waals surface area contributed by atoms with Gasteiger partial charge in [-0.25, -0.2) is 4.98 Å². The number of carbonyl (C=O) groups is 1. The van der Waals surface area contributed by atoms with Crippen LogP contribution in [0.15, 0.2) is 84.4 Å². The number of amides is 1. The summed E-state index contributed by atoms with van der Waals surface area (Å²) >= 11 is 1.51. The van der Waals surface area contributed by atoms with Crippen LogP contribution in [0.4, 0.5) is 0 Å². The van der Waals surface area contributed by atoms with Crippen molar-refractivity contribution in [2.24, 2.45) is 0 Å². The van der Waals surface area contributed by atoms with Crippen molar-refractivity contribution in [3.63, 3.8) is 0 Å². The summed E-state index contributed by atoms with van der Waals surface area (Å²) in [5.74, 6) is 0.962. The van der Waals surface area contributed by atoms with Gasteiger partial charge < -0.3 is 14.0 Å². The van der Waals surface area contributed by atoms with Crippen molar-refractivity contribution >= 4 is 22.9 Å². The lowest BCUT2D eigenvalue weighted by Gasteiger charge is -2.34. The number of aromatic nitrogens is 2. The van der Waals surface area contributed by atoms with Crippen LogP contribution >= 0.6 is 11.3 Å². The predicted octanol–water partition coefficient (Wildman–Crippen LogP) is 6.00. The Balaban J connectivity index is 1.33. The number of hydrogen-bond acceptors (Lipinski definition) is 5. The molecule has 2 aromatic carbocycles. The molecule has 0 N–H and O–H groups in total. The molecule has 6 rings (SSSR count). The van der Waals surface area contributed by atoms with Gasteiger partial charge in [0.1, 0.15) is 11.4 Å². The molecule has 0 aliphatic carbocycles. The van der Waals surface area contributed by atoms with E-state index in [-0.39, 0.29) is 5.91 Å². The first-order valence-corrected chi connectivity index (χ1v) is 13.7. The zero-order valence-electron chi connectivity index (χ0n) is 21.6. The molecule has 0 radical (unpaired) electrons. The number of methoxy groups -OCH3 is 1. The van der Waals surface area contributed by atoms with Crippen LogP contribution in [0.25, 0.3) is 28.0 Å². The van der Waals surface area contributed by atoms with E-state index >= 15 is 0 Å². The first-order chi connectivity index (χ1) is 18.6. The highest BCUT2D eigenvalue weighted by Gasteiger charge is 2.25. The quantitative estimate of drug-likeness (QED) is 0.274. The Bertz CT molecular complexity index is 1570. The summed E-state index contributed by atoms with van der Waals surface area (Å²) in [4.78, 5) is 23.1. The van der Waals surface area contributed by atoms with Gasteiger partial charge in [0.25, 0.3) is 5.91 Å². The monoisotopic (exact) mass is 522 g/mol. The minimum atomic E-state index is 0.135. The molecule has 192 valence electrons. The Kier molecular flexibility index (Phi) is 6.70. The van der Waals surface area contributed by atoms with E-state index in [1.54, 1.807) is 7.11 Å². The van der Waals surface area contributed by atoms with Crippen LogP contribution in [0.3, 0.4) is 0 Å². The van der Waals surface area contributed by atoms with Gasteiger partial charge in [-0.05, 0) is 65.9 Å². The molecule has 3 aromatic heterocycles. The summed E-state index contributed by atoms with van der Waals surface area (Å²) in [6, 6.07) is 24.8. The molecule has 1 aliphatic heterocycles. The predicted molar refractivity (Wildman–Crippen MR) is 153 cm³/mol. The van der Waals surface area contributed by atoms with Crippen LogP contribution in [-0.2, 0) is 6.54 Å². The van der Waals surface area contributed by atoms with Gasteiger partial charge in [-0.3, -0.25) is 9.69 Å². The third kappa shape index (κ3) is 4.83. The first kappa shape index (κ1) is 24.4. The number of imidazole rings is 1. The number of rotatable bonds is 6. The molecule has 38 heavy (non-hydrogen) atoms. The summed E-state index contributed by atoms with van der Waals surface area (Å²) in [6.45, 7) is 5.96. The molecule has 5 aromatic rings. The molecule has 7 heteroatoms. The third-order valence-electron chi connectivity index (χ3n) is 7.20. The second kappa shape index (κ2) is 10.4. The number of aryl methyl sites for hydroxylation is 1. The number of fused-ring (bicyclic) bond motifs is 1. The fourth-order valence-electron chi connectivity index (χ4n) is 5.10. The van der Waals surface area contributed by atoms with Crippen LogP contribution in [0.2, 0.25) is 0 Å². The average molecular weight is 523 g/mol. The Morgan fingerprint density at radius 2 is 1.71 bits per heavy atom. The summed E-state index contributed by atoms with van der Waals surface area (Å²) < 4.78 is 7.62. The number of benzene rings is 2. The molecule has 4 heterocycles. The maximum atomic E-state index is 12.8. The van der Waals surface area contributed by atoms with Gasteiger partial charge in [-0.2, -0.15) is 0 Å². The van der Waals surface area contributed by atoms with E-state index in [2.05, 4.69) is 71.0 Å². The SMILES string of the molecule is COc1ccc(-c2nc3ccc(-c4cccc(C)c4)cn3c2CN2CCN(C(=O)c3cccs3)CC2)cc1. The van der Waals surface area contributed by atoms with Crippen molar-refractivity contribution in [1.82, 2.24) is 19.2 Å². The first-order valence-electron chi connectivity index (χ1n) is 12.9. The fourth-order valence-corrected chi connectivity index (χ4v) is 5.79. The largest absolute Gasteiger partial charge is 0.497 e. The Labute approximate surface area is 226 Å². The van der Waals surface area contributed by atoms with E-state index < -0.39 is 0 Å². The highest BCUT2D eigenvalue weighted by Crippen LogP contribution is 2.30. The smallest absolute Gasteiger partial charge is 0.264 e. The van der Waals surface area contributed by atoms with Crippen LogP contribution < -0.4 is 4.74 Å². The fraction of sp³-hybridized carbons (Fsp3) is 0.226. The maximum Gasteiger partial charge on any atom is 0.264 e. The molecule has 0 unspecified atom stereocenters. The summed E-state index contributed by atoms with van der Waals surface area (Å²) in [5, 5.41) is 1.96. The molecule has 1 aliphatic rings. The average Bonchev–Trinajstić information content (AvgIpc) is 3.62. The minimum absolute atomic E-state index is 0.135. The van der Waals surface area contributed by atoms with E-state index in [1.165, 1.54) is 22.5 Å². The molecule has 0 saturated carbocycles. The van der Waals surface area contributed by atoms with E-state index in [9.17, 15) is 4.79 Å². The molecule has 0 bridgehead atoms. The van der Waals surface area contributed by atoms with E-state index in [0.29, 0.717) is 0 Å². The van der Waals surface area contributed by atoms with Gasteiger partial charge in [0.2, 0.25) is 0 Å². The van der Waals surface area contributed by atoms with Gasteiger partial charge in [-0.1, -0.05) is 35.9 Å². The van der Waals surface area contributed by atoms with Crippen molar-refractivity contribution in [3.05, 3.63) is 101 Å². The lowest BCUT2D eigenvalue weighted by molar-refractivity contribution is 0.0631. The summed E-state index contributed by atoms with van der Waals surface area (Å²) in [5.41, 5.74) is 7.71. The molecular formula is C31H30N4O2S. The lowest BCUT2D eigenvalue weighted by atomic mass is 10.1. The van der Waals surface area contributed by atoms with Crippen molar-refractivity contribution in [2.75, 3.05) is 33.3 Å². The van der Waals surface area contributed by atoms with E-state index in [4.69, 9.17) is 9.72 Å². The number of nitrogens with zero attached hydrogens (tertiary/aromatic N) is 4. The van der Waals surface area contributed by atoms with Crippen molar-refractivity contribution in [1.29, 1.82) is 0 Å². The number of hydrogen-bond donors (Lipinski definition) is 0. The Morgan fingerprint density at radius 3 is 2.42 bits per heavy atom. The topological polar surface area (TPSA) is 50.1 Å². The zero-order chi connectivity index (χ0) is 26.1. The van der Waals surface area contributed by atoms with Crippen molar-refractivity contribution in [2.45, 2.75) is 13.5 Å². The normalized spacial score (nSPS) is 14.2. The van der Waals surface area contributed by atoms with Crippen LogP contribution in [0.1, 0.15) is 20.9 Å². The lowest BCUT2D eigenvalue weighted by Crippen LogP contribution is -2.48. The third-order valence-corrected chi connectivity index (χ3v) is 8.06. The van der Waals surface area contributed by atoms with Crippen LogP contribution in [0.5, 0.6) is 5.75 Å². The standard InChI is InChI=1S/C31H30N4O2S/c1-22-5-3-6-24(19-22)25-10-13-29-32-30(23-8-11-26(37-2)12-9-23)27(35(29)20-25)21-33-14-16-34(17-15-33)31(36)28-7-4-18-38-28/h3-13,18-20H,14-17,21H2,1-2H3. The highest BCUT2D eigenvalue weighted by molar-refractivity contribution is 7.12. The van der Waals surface area contributed by atoms with Crippen LogP contribution in [0, 0.1) is 6.92 Å². The van der Waals surface area contributed by atoms with Crippen molar-refractivity contribution < 1.29 is 9.53 Å². The van der Waals surface area contributed by atoms with E-state index in [1.807, 2.05) is 34.5 Å². The maximum absolute atomic E-state index is 12.8. The second-order valence-corrected chi connectivity index (χ2v) is 10.6. The Hall–Kier alpha value is -3.94. The molecule has 6 nitrogen and oxygen atoms in total. The summed E-state index contributed by atoms with van der Waals surface area (Å²) in [6.07, 6.45) is 2.20. The zero-order valence-corrected chi connectivity index (χ0v) is 22.4. The van der Waals surface area contributed by atoms with Gasteiger partial charge in [0.15, 0.2) is 0 Å². The molecule has 1 fully saturated rings. The molecule has 0 spiro atoms. The molecule has 1 saturated heterocycles. The molecule has 0 atom stereocenters. The minimum Gasteiger partial charge on any atom is -0.497 e. The number of pyridine rings is 1. The summed E-state index contributed by atoms with van der Waals surface area (Å²) in [7, 11) is 1.68. The number of thiophene rings is 1. The second-order valence-electron chi connectivity index (χ2n) is 9.70. The van der Waals surface area contributed by atoms with Gasteiger partial charge in [0.05, 0.1) is 23.4 Å². The number of piperazine rings is 1. The number of ether oxygens (including phenoxy) is 1. The van der Waals surface area contributed by atoms with Crippen molar-refractivity contribution in [3.8, 4) is 28.1 Å². The highest BCUT2D eigenvalue weighted by atomic mass is 32.1. The molecular weight excluding hydrogens is 492 g/mol. The van der Waals surface area contributed by atoms with Gasteiger partial charge >= 0.3 is 0 Å². The van der Waals surface area contributed by atoms with Gasteiger partial charge in [-0.15, -0.1) is 11.3 Å². The number of carbonyl (C=O) groups excluding carboxylic acids is 1.